The molecule has 0 spiro atoms. The van der Waals surface area contributed by atoms with Crippen LogP contribution in [0.4, 0.5) is 0 Å². The van der Waals surface area contributed by atoms with Crippen molar-refractivity contribution in [2.75, 3.05) is 0 Å². The zero-order valence-corrected chi connectivity index (χ0v) is 8.84. The molecule has 75 valence electrons. The van der Waals surface area contributed by atoms with Gasteiger partial charge in [0, 0.05) is 11.6 Å². The number of rotatable bonds is 2. The summed E-state index contributed by atoms with van der Waals surface area (Å²) in [5.74, 6) is 2.97. The Bertz CT molecular complexity index is 203. The summed E-state index contributed by atoms with van der Waals surface area (Å²) in [5, 5.41) is 8.18. The van der Waals surface area contributed by atoms with Crippen LogP contribution in [0.25, 0.3) is 0 Å². The molecule has 1 nitrogen and oxygen atoms in total. The molecule has 1 heteroatoms. The van der Waals surface area contributed by atoms with Gasteiger partial charge >= 0.3 is 0 Å². The molecule has 2 aliphatic rings. The molecule has 0 bridgehead atoms. The minimum atomic E-state index is 0.532. The van der Waals surface area contributed by atoms with E-state index in [0.717, 1.165) is 5.71 Å². The van der Waals surface area contributed by atoms with Gasteiger partial charge < -0.3 is 5.41 Å². The molecule has 0 unspecified atom stereocenters. The molecule has 14 heavy (non-hydrogen) atoms. The lowest BCUT2D eigenvalue weighted by atomic mass is 9.78. The molecule has 0 aromatic heterocycles. The van der Waals surface area contributed by atoms with Crippen molar-refractivity contribution in [2.45, 2.75) is 39.0 Å². The maximum absolute atomic E-state index is 8.18. The van der Waals surface area contributed by atoms with Gasteiger partial charge in [-0.15, -0.1) is 0 Å². The van der Waals surface area contributed by atoms with Crippen LogP contribution in [0.2, 0.25) is 0 Å². The van der Waals surface area contributed by atoms with Crippen LogP contribution >= 0.6 is 0 Å². The fraction of sp³-hybridized carbons (Fsp3) is 0.538. The van der Waals surface area contributed by atoms with Crippen molar-refractivity contribution in [1.82, 2.24) is 0 Å². The SMILES string of the molecule is C[C]1[CH][CH][CH][C]1C(=N)C1CCCCC1. The van der Waals surface area contributed by atoms with Crippen LogP contribution < -0.4 is 0 Å². The number of hydrogen-bond acceptors (Lipinski definition) is 1. The molecule has 0 atom stereocenters. The first kappa shape index (κ1) is 10.2. The zero-order chi connectivity index (χ0) is 9.97. The number of nitrogens with one attached hydrogen (secondary N) is 1. The van der Waals surface area contributed by atoms with E-state index in [1.807, 2.05) is 0 Å². The van der Waals surface area contributed by atoms with Gasteiger partial charge in [-0.2, -0.15) is 0 Å². The normalized spacial score (nSPS) is 26.9. The maximum Gasteiger partial charge on any atom is 0.0296 e. The van der Waals surface area contributed by atoms with E-state index in [9.17, 15) is 0 Å². The van der Waals surface area contributed by atoms with Crippen molar-refractivity contribution in [2.24, 2.45) is 5.92 Å². The monoisotopic (exact) mass is 188 g/mol. The molecular weight excluding hydrogens is 170 g/mol. The molecule has 5 radical (unpaired) electrons. The second-order valence-electron chi connectivity index (χ2n) is 4.37. The Morgan fingerprint density at radius 1 is 1.21 bits per heavy atom. The predicted molar refractivity (Wildman–Crippen MR) is 59.4 cm³/mol. The smallest absolute Gasteiger partial charge is 0.0296 e. The first-order valence-corrected chi connectivity index (χ1v) is 5.60. The van der Waals surface area contributed by atoms with Gasteiger partial charge in [0.15, 0.2) is 0 Å². The van der Waals surface area contributed by atoms with Gasteiger partial charge in [0.25, 0.3) is 0 Å². The van der Waals surface area contributed by atoms with E-state index >= 15 is 0 Å². The lowest BCUT2D eigenvalue weighted by Gasteiger charge is -2.26. The Morgan fingerprint density at radius 2 is 1.93 bits per heavy atom. The third-order valence-corrected chi connectivity index (χ3v) is 3.34. The van der Waals surface area contributed by atoms with Crippen LogP contribution in [0.1, 0.15) is 39.0 Å². The van der Waals surface area contributed by atoms with E-state index in [1.165, 1.54) is 43.9 Å². The van der Waals surface area contributed by atoms with Crippen molar-refractivity contribution in [3.05, 3.63) is 31.1 Å². The average molecular weight is 188 g/mol. The van der Waals surface area contributed by atoms with E-state index in [4.69, 9.17) is 5.41 Å². The Hall–Kier alpha value is -0.330. The predicted octanol–water partition coefficient (Wildman–Crippen LogP) is 3.38. The summed E-state index contributed by atoms with van der Waals surface area (Å²) in [5.41, 5.74) is 0.882. The molecule has 0 saturated heterocycles. The standard InChI is InChI=1S/C13H18N/c1-10-6-5-9-12(10)13(14)11-7-3-2-4-8-11/h5-6,9,11,14H,2-4,7-8H2,1H3. The van der Waals surface area contributed by atoms with Crippen LogP contribution in [-0.4, -0.2) is 5.71 Å². The summed E-state index contributed by atoms with van der Waals surface area (Å²) in [6.45, 7) is 2.10. The lowest BCUT2D eigenvalue weighted by Crippen LogP contribution is -2.24. The molecule has 0 aromatic rings. The molecule has 0 aromatic carbocycles. The third kappa shape index (κ3) is 2.02. The molecule has 0 aliphatic heterocycles. The first-order chi connectivity index (χ1) is 6.79. The minimum Gasteiger partial charge on any atom is -0.309 e. The van der Waals surface area contributed by atoms with E-state index in [-0.39, 0.29) is 0 Å². The summed E-state index contributed by atoms with van der Waals surface area (Å²) >= 11 is 0. The molecule has 2 rings (SSSR count). The Labute approximate surface area is 87.8 Å². The van der Waals surface area contributed by atoms with Crippen LogP contribution in [0, 0.1) is 42.4 Å². The maximum atomic E-state index is 8.18. The van der Waals surface area contributed by atoms with Crippen molar-refractivity contribution >= 4 is 5.71 Å². The topological polar surface area (TPSA) is 23.9 Å². The van der Waals surface area contributed by atoms with Crippen molar-refractivity contribution in [3.8, 4) is 0 Å². The molecule has 0 amide bonds. The summed E-state index contributed by atoms with van der Waals surface area (Å²) < 4.78 is 0. The highest BCUT2D eigenvalue weighted by atomic mass is 14.5. The van der Waals surface area contributed by atoms with Gasteiger partial charge in [0.1, 0.15) is 0 Å². The van der Waals surface area contributed by atoms with Crippen LogP contribution in [0.5, 0.6) is 0 Å². The van der Waals surface area contributed by atoms with Gasteiger partial charge in [-0.25, -0.2) is 0 Å². The average Bonchev–Trinajstić information content (AvgIpc) is 2.65. The van der Waals surface area contributed by atoms with E-state index in [0.29, 0.717) is 5.92 Å². The van der Waals surface area contributed by atoms with Crippen LogP contribution in [0.15, 0.2) is 0 Å². The van der Waals surface area contributed by atoms with Crippen LogP contribution in [0.3, 0.4) is 0 Å². The lowest BCUT2D eigenvalue weighted by molar-refractivity contribution is 0.436. The zero-order valence-electron chi connectivity index (χ0n) is 8.84. The van der Waals surface area contributed by atoms with E-state index in [2.05, 4.69) is 26.2 Å². The highest BCUT2D eigenvalue weighted by Crippen LogP contribution is 2.38. The molecule has 2 fully saturated rings. The van der Waals surface area contributed by atoms with Crippen molar-refractivity contribution < 1.29 is 0 Å². The van der Waals surface area contributed by atoms with E-state index in [1.54, 1.807) is 0 Å². The first-order valence-electron chi connectivity index (χ1n) is 5.60. The van der Waals surface area contributed by atoms with Crippen LogP contribution in [-0.2, 0) is 0 Å². The molecule has 2 saturated carbocycles. The van der Waals surface area contributed by atoms with E-state index < -0.39 is 0 Å². The summed E-state index contributed by atoms with van der Waals surface area (Å²) in [6, 6.07) is 0. The molecule has 0 heterocycles. The third-order valence-electron chi connectivity index (χ3n) is 3.34. The number of hydrogen-bond donors (Lipinski definition) is 1. The Kier molecular flexibility index (Phi) is 3.25. The second-order valence-corrected chi connectivity index (χ2v) is 4.37. The minimum absolute atomic E-state index is 0.532. The fourth-order valence-electron chi connectivity index (χ4n) is 2.42. The Balaban J connectivity index is 1.92. The summed E-state index contributed by atoms with van der Waals surface area (Å²) in [6.07, 6.45) is 12.7. The summed E-state index contributed by atoms with van der Waals surface area (Å²) in [7, 11) is 0. The quantitative estimate of drug-likeness (QED) is 0.642. The highest BCUT2D eigenvalue weighted by molar-refractivity contribution is 6.02. The van der Waals surface area contributed by atoms with Crippen molar-refractivity contribution in [3.63, 3.8) is 0 Å². The molecule has 2 aliphatic carbocycles. The largest absolute Gasteiger partial charge is 0.309 e. The van der Waals surface area contributed by atoms with Gasteiger partial charge in [-0.1, -0.05) is 26.2 Å². The second kappa shape index (κ2) is 4.46. The molecular formula is C13H18N. The van der Waals surface area contributed by atoms with Gasteiger partial charge in [-0.05, 0) is 43.9 Å². The fourth-order valence-corrected chi connectivity index (χ4v) is 2.42. The highest BCUT2D eigenvalue weighted by Gasteiger charge is 2.33. The molecule has 1 N–H and O–H groups in total. The van der Waals surface area contributed by atoms with Gasteiger partial charge in [0.05, 0.1) is 0 Å². The van der Waals surface area contributed by atoms with Crippen molar-refractivity contribution in [1.29, 1.82) is 5.41 Å². The Morgan fingerprint density at radius 3 is 2.50 bits per heavy atom. The van der Waals surface area contributed by atoms with Gasteiger partial charge in [0.2, 0.25) is 0 Å². The van der Waals surface area contributed by atoms with Gasteiger partial charge in [-0.3, -0.25) is 0 Å². The summed E-state index contributed by atoms with van der Waals surface area (Å²) in [4.78, 5) is 0.